The zero-order valence-electron chi connectivity index (χ0n) is 17.6. The Morgan fingerprint density at radius 3 is 2.80 bits per heavy atom. The van der Waals surface area contributed by atoms with Crippen molar-refractivity contribution >= 4 is 34.7 Å². The molecule has 1 amide bonds. The molecule has 2 heterocycles. The van der Waals surface area contributed by atoms with Gasteiger partial charge in [0.15, 0.2) is 0 Å². The van der Waals surface area contributed by atoms with Crippen molar-refractivity contribution in [3.8, 4) is 0 Å². The Morgan fingerprint density at radius 1 is 1.23 bits per heavy atom. The molecule has 30 heavy (non-hydrogen) atoms. The molecule has 158 valence electrons. The second kappa shape index (κ2) is 8.19. The fourth-order valence-electron chi connectivity index (χ4n) is 3.81. The lowest BCUT2D eigenvalue weighted by molar-refractivity contribution is 0.0509. The van der Waals surface area contributed by atoms with Crippen LogP contribution in [-0.2, 0) is 11.3 Å². The van der Waals surface area contributed by atoms with E-state index in [4.69, 9.17) is 21.3 Å². The van der Waals surface area contributed by atoms with Gasteiger partial charge in [0.25, 0.3) is 0 Å². The largest absolute Gasteiger partial charge is 0.444 e. The molecule has 7 heteroatoms. The summed E-state index contributed by atoms with van der Waals surface area (Å²) in [5.41, 5.74) is 2.65. The molecule has 0 saturated carbocycles. The van der Waals surface area contributed by atoms with E-state index in [1.165, 1.54) is 0 Å². The van der Waals surface area contributed by atoms with Crippen molar-refractivity contribution < 1.29 is 9.53 Å². The third-order valence-electron chi connectivity index (χ3n) is 5.06. The number of alkyl carbamates (subject to hydrolysis) is 1. The van der Waals surface area contributed by atoms with E-state index >= 15 is 0 Å². The molecule has 1 N–H and O–H groups in total. The van der Waals surface area contributed by atoms with Crippen LogP contribution < -0.4 is 10.2 Å². The first-order chi connectivity index (χ1) is 14.3. The van der Waals surface area contributed by atoms with Gasteiger partial charge in [-0.1, -0.05) is 35.9 Å². The van der Waals surface area contributed by atoms with E-state index in [0.29, 0.717) is 13.1 Å². The molecule has 1 atom stereocenters. The highest BCUT2D eigenvalue weighted by Gasteiger charge is 2.29. The summed E-state index contributed by atoms with van der Waals surface area (Å²) >= 11 is 6.20. The number of carbonyl (C=O) groups excluding carboxylic acids is 1. The monoisotopic (exact) mass is 426 g/mol. The average molecular weight is 427 g/mol. The molecule has 0 bridgehead atoms. The summed E-state index contributed by atoms with van der Waals surface area (Å²) in [5.74, 6) is 0.907. The Labute approximate surface area is 181 Å². The van der Waals surface area contributed by atoms with Crippen molar-refractivity contribution in [2.45, 2.75) is 45.4 Å². The maximum absolute atomic E-state index is 12.2. The first-order valence-corrected chi connectivity index (χ1v) is 10.6. The number of hydrogen-bond donors (Lipinski definition) is 1. The second-order valence-electron chi connectivity index (χ2n) is 8.69. The topological polar surface area (TPSA) is 59.4 Å². The predicted octanol–water partition coefficient (Wildman–Crippen LogP) is 4.84. The normalized spacial score (nSPS) is 16.8. The summed E-state index contributed by atoms with van der Waals surface area (Å²) in [7, 11) is 0. The van der Waals surface area contributed by atoms with Gasteiger partial charge in [0.05, 0.1) is 23.6 Å². The molecule has 1 fully saturated rings. The number of nitrogens with one attached hydrogen (secondary N) is 1. The van der Waals surface area contributed by atoms with Crippen LogP contribution in [0.15, 0.2) is 48.5 Å². The van der Waals surface area contributed by atoms with E-state index in [1.807, 2.05) is 57.2 Å². The first-order valence-electron chi connectivity index (χ1n) is 10.2. The number of aromatic nitrogens is 2. The van der Waals surface area contributed by atoms with Crippen LogP contribution >= 0.6 is 11.6 Å². The molecule has 1 unspecified atom stereocenters. The number of para-hydroxylation sites is 2. The molecule has 1 aliphatic rings. The smallest absolute Gasteiger partial charge is 0.407 e. The SMILES string of the molecule is CC(C)(C)OC(=O)NC1CCN(c2nc3ccccc3n2Cc2cccc(Cl)c2)C1. The van der Waals surface area contributed by atoms with Crippen molar-refractivity contribution in [3.05, 3.63) is 59.1 Å². The number of imidazole rings is 1. The van der Waals surface area contributed by atoms with Gasteiger partial charge in [0.2, 0.25) is 5.95 Å². The van der Waals surface area contributed by atoms with Crippen molar-refractivity contribution in [3.63, 3.8) is 0 Å². The molecule has 4 rings (SSSR count). The Hall–Kier alpha value is -2.73. The van der Waals surface area contributed by atoms with Crippen LogP contribution in [0.3, 0.4) is 0 Å². The van der Waals surface area contributed by atoms with Gasteiger partial charge in [0, 0.05) is 18.1 Å². The first kappa shape index (κ1) is 20.5. The van der Waals surface area contributed by atoms with E-state index in [0.717, 1.165) is 40.5 Å². The van der Waals surface area contributed by atoms with Crippen LogP contribution in [0, 0.1) is 0 Å². The van der Waals surface area contributed by atoms with Crippen molar-refractivity contribution in [2.75, 3.05) is 18.0 Å². The maximum atomic E-state index is 12.2. The van der Waals surface area contributed by atoms with E-state index < -0.39 is 5.60 Å². The summed E-state index contributed by atoms with van der Waals surface area (Å²) in [6.45, 7) is 7.79. The third-order valence-corrected chi connectivity index (χ3v) is 5.29. The number of ether oxygens (including phenoxy) is 1. The van der Waals surface area contributed by atoms with Crippen LogP contribution in [0.4, 0.5) is 10.7 Å². The van der Waals surface area contributed by atoms with Gasteiger partial charge in [-0.3, -0.25) is 0 Å². The fraction of sp³-hybridized carbons (Fsp3) is 0.391. The number of rotatable bonds is 4. The summed E-state index contributed by atoms with van der Waals surface area (Å²) in [5, 5.41) is 3.71. The lowest BCUT2D eigenvalue weighted by atomic mass is 10.2. The maximum Gasteiger partial charge on any atom is 0.407 e. The highest BCUT2D eigenvalue weighted by molar-refractivity contribution is 6.30. The third kappa shape index (κ3) is 4.70. The van der Waals surface area contributed by atoms with E-state index in [1.54, 1.807) is 0 Å². The van der Waals surface area contributed by atoms with Gasteiger partial charge < -0.3 is 19.5 Å². The minimum atomic E-state index is -0.507. The van der Waals surface area contributed by atoms with E-state index in [9.17, 15) is 4.79 Å². The summed E-state index contributed by atoms with van der Waals surface area (Å²) in [6, 6.07) is 16.1. The van der Waals surface area contributed by atoms with Gasteiger partial charge in [0.1, 0.15) is 5.60 Å². The van der Waals surface area contributed by atoms with Gasteiger partial charge >= 0.3 is 6.09 Å². The number of carbonyl (C=O) groups is 1. The standard InChI is InChI=1S/C23H27ClN4O2/c1-23(2,3)30-22(29)25-18-11-12-27(15-18)21-26-19-9-4-5-10-20(19)28(21)14-16-7-6-8-17(24)13-16/h4-10,13,18H,11-12,14-15H2,1-3H3,(H,25,29). The van der Waals surface area contributed by atoms with Crippen molar-refractivity contribution in [1.82, 2.24) is 14.9 Å². The molecular weight excluding hydrogens is 400 g/mol. The number of amides is 1. The lowest BCUT2D eigenvalue weighted by Crippen LogP contribution is -2.40. The van der Waals surface area contributed by atoms with Gasteiger partial charge in [-0.05, 0) is 57.0 Å². The Balaban J connectivity index is 1.56. The van der Waals surface area contributed by atoms with Crippen LogP contribution in [0.25, 0.3) is 11.0 Å². The molecular formula is C23H27ClN4O2. The van der Waals surface area contributed by atoms with Crippen molar-refractivity contribution in [2.24, 2.45) is 0 Å². The fourth-order valence-corrected chi connectivity index (χ4v) is 4.02. The lowest BCUT2D eigenvalue weighted by Gasteiger charge is -2.22. The van der Waals surface area contributed by atoms with E-state index in [-0.39, 0.29) is 12.1 Å². The molecule has 0 aliphatic carbocycles. The number of anilines is 1. The van der Waals surface area contributed by atoms with Crippen LogP contribution in [-0.4, -0.2) is 40.4 Å². The minimum Gasteiger partial charge on any atom is -0.444 e. The second-order valence-corrected chi connectivity index (χ2v) is 9.13. The van der Waals surface area contributed by atoms with E-state index in [2.05, 4.69) is 26.9 Å². The number of benzene rings is 2. The highest BCUT2D eigenvalue weighted by Crippen LogP contribution is 2.27. The molecule has 3 aromatic rings. The molecule has 1 saturated heterocycles. The Kier molecular flexibility index (Phi) is 5.60. The predicted molar refractivity (Wildman–Crippen MR) is 120 cm³/mol. The van der Waals surface area contributed by atoms with Crippen molar-refractivity contribution in [1.29, 1.82) is 0 Å². The number of halogens is 1. The zero-order valence-corrected chi connectivity index (χ0v) is 18.3. The van der Waals surface area contributed by atoms with Crippen LogP contribution in [0.2, 0.25) is 5.02 Å². The Bertz CT molecular complexity index is 1060. The number of nitrogens with zero attached hydrogens (tertiary/aromatic N) is 3. The molecule has 2 aromatic carbocycles. The zero-order chi connectivity index (χ0) is 21.3. The summed E-state index contributed by atoms with van der Waals surface area (Å²) in [6.07, 6.45) is 0.473. The summed E-state index contributed by atoms with van der Waals surface area (Å²) in [4.78, 5) is 19.3. The molecule has 1 aromatic heterocycles. The Morgan fingerprint density at radius 2 is 2.03 bits per heavy atom. The number of fused-ring (bicyclic) bond motifs is 1. The van der Waals surface area contributed by atoms with Gasteiger partial charge in [-0.25, -0.2) is 9.78 Å². The minimum absolute atomic E-state index is 0.0271. The molecule has 0 radical (unpaired) electrons. The summed E-state index contributed by atoms with van der Waals surface area (Å²) < 4.78 is 7.62. The van der Waals surface area contributed by atoms with Crippen LogP contribution in [0.1, 0.15) is 32.8 Å². The van der Waals surface area contributed by atoms with Gasteiger partial charge in [-0.15, -0.1) is 0 Å². The van der Waals surface area contributed by atoms with Gasteiger partial charge in [-0.2, -0.15) is 0 Å². The van der Waals surface area contributed by atoms with Crippen LogP contribution in [0.5, 0.6) is 0 Å². The molecule has 0 spiro atoms. The highest BCUT2D eigenvalue weighted by atomic mass is 35.5. The molecule has 6 nitrogen and oxygen atoms in total. The quantitative estimate of drug-likeness (QED) is 0.648. The molecule has 1 aliphatic heterocycles. The number of hydrogen-bond acceptors (Lipinski definition) is 4. The average Bonchev–Trinajstić information content (AvgIpc) is 3.25.